The summed E-state index contributed by atoms with van der Waals surface area (Å²) in [6.45, 7) is 1.72. The largest absolute Gasteiger partial charge is 0.337 e. The van der Waals surface area contributed by atoms with Crippen LogP contribution in [0.4, 0.5) is 0 Å². The maximum absolute atomic E-state index is 12.9. The monoisotopic (exact) mass is 402 g/mol. The van der Waals surface area contributed by atoms with Gasteiger partial charge in [0.05, 0.1) is 10.9 Å². The predicted molar refractivity (Wildman–Crippen MR) is 97.9 cm³/mol. The number of hydrogen-bond donors (Lipinski definition) is 3. The van der Waals surface area contributed by atoms with Crippen LogP contribution in [0.5, 0.6) is 0 Å². The average molecular weight is 404 g/mol. The van der Waals surface area contributed by atoms with Crippen LogP contribution in [0.15, 0.2) is 30.3 Å². The van der Waals surface area contributed by atoms with E-state index in [1.165, 1.54) is 5.56 Å². The Labute approximate surface area is 152 Å². The summed E-state index contributed by atoms with van der Waals surface area (Å²) in [6.07, 6.45) is 2.18. The molecule has 0 bridgehead atoms. The molecule has 0 radical (unpaired) electrons. The number of hydrogen-bond acceptors (Lipinski definition) is 4. The van der Waals surface area contributed by atoms with Crippen LogP contribution in [0.3, 0.4) is 0 Å². The Morgan fingerprint density at radius 1 is 1.35 bits per heavy atom. The predicted octanol–water partition coefficient (Wildman–Crippen LogP) is 1.60. The van der Waals surface area contributed by atoms with E-state index in [1.54, 1.807) is 0 Å². The molecule has 4 unspecified atom stereocenters. The molecule has 0 spiro atoms. The molecule has 2 aliphatic rings. The fraction of sp³-hybridized carbons (Fsp3) is 0.562. The standard InChI is InChI=1S/C16H23BrN4O.ClH/c1-18-10-12-8-5-9-21(12)16(22)15-13(17)14(19-20-15)11-6-3-2-4-7-11;/h2-4,6-7,12-15,18-20H,5,8-10H2,1H3;1H. The molecule has 23 heavy (non-hydrogen) atoms. The van der Waals surface area contributed by atoms with E-state index in [4.69, 9.17) is 0 Å². The second-order valence-corrected chi connectivity index (χ2v) is 7.04. The molecule has 1 aromatic rings. The Morgan fingerprint density at radius 2 is 2.09 bits per heavy atom. The molecule has 7 heteroatoms. The molecule has 0 saturated carbocycles. The van der Waals surface area contributed by atoms with Gasteiger partial charge in [0.1, 0.15) is 6.04 Å². The van der Waals surface area contributed by atoms with Crippen LogP contribution >= 0.6 is 28.3 Å². The maximum Gasteiger partial charge on any atom is 0.242 e. The fourth-order valence-corrected chi connectivity index (χ4v) is 4.20. The number of carbonyl (C=O) groups excluding carboxylic acids is 1. The van der Waals surface area contributed by atoms with Crippen LogP contribution in [-0.4, -0.2) is 47.9 Å². The fourth-order valence-electron chi connectivity index (χ4n) is 3.41. The molecule has 1 aromatic carbocycles. The molecule has 2 fully saturated rings. The van der Waals surface area contributed by atoms with Crippen LogP contribution in [0.2, 0.25) is 0 Å². The number of hydrazine groups is 1. The minimum absolute atomic E-state index is 0. The van der Waals surface area contributed by atoms with E-state index >= 15 is 0 Å². The van der Waals surface area contributed by atoms with Crippen LogP contribution in [0.1, 0.15) is 24.4 Å². The van der Waals surface area contributed by atoms with Gasteiger partial charge in [0.25, 0.3) is 0 Å². The molecule has 128 valence electrons. The average Bonchev–Trinajstić information content (AvgIpc) is 3.15. The zero-order valence-electron chi connectivity index (χ0n) is 13.2. The van der Waals surface area contributed by atoms with Gasteiger partial charge in [0, 0.05) is 19.1 Å². The zero-order valence-corrected chi connectivity index (χ0v) is 15.6. The van der Waals surface area contributed by atoms with E-state index in [9.17, 15) is 4.79 Å². The summed E-state index contributed by atoms with van der Waals surface area (Å²) < 4.78 is 0. The van der Waals surface area contributed by atoms with Crippen molar-refractivity contribution < 1.29 is 4.79 Å². The first-order valence-electron chi connectivity index (χ1n) is 7.87. The van der Waals surface area contributed by atoms with Gasteiger partial charge < -0.3 is 10.2 Å². The lowest BCUT2D eigenvalue weighted by atomic mass is 10.0. The van der Waals surface area contributed by atoms with Crippen LogP contribution < -0.4 is 16.2 Å². The summed E-state index contributed by atoms with van der Waals surface area (Å²) in [5, 5.41) is 3.19. The highest BCUT2D eigenvalue weighted by molar-refractivity contribution is 9.09. The van der Waals surface area contributed by atoms with E-state index in [-0.39, 0.29) is 35.2 Å². The first-order chi connectivity index (χ1) is 10.7. The van der Waals surface area contributed by atoms with Crippen LogP contribution in [-0.2, 0) is 4.79 Å². The first-order valence-corrected chi connectivity index (χ1v) is 8.79. The number of nitrogens with zero attached hydrogens (tertiary/aromatic N) is 1. The lowest BCUT2D eigenvalue weighted by Crippen LogP contribution is -2.51. The molecule has 1 amide bonds. The van der Waals surface area contributed by atoms with Crippen molar-refractivity contribution in [1.29, 1.82) is 0 Å². The summed E-state index contributed by atoms with van der Waals surface area (Å²) >= 11 is 3.73. The summed E-state index contributed by atoms with van der Waals surface area (Å²) in [5.41, 5.74) is 7.63. The highest BCUT2D eigenvalue weighted by Gasteiger charge is 2.43. The van der Waals surface area contributed by atoms with Gasteiger partial charge in [-0.3, -0.25) is 4.79 Å². The summed E-state index contributed by atoms with van der Waals surface area (Å²) in [4.78, 5) is 15.0. The van der Waals surface area contributed by atoms with E-state index in [1.807, 2.05) is 30.1 Å². The number of alkyl halides is 1. The lowest BCUT2D eigenvalue weighted by molar-refractivity contribution is -0.133. The van der Waals surface area contributed by atoms with Crippen molar-refractivity contribution in [2.45, 2.75) is 35.8 Å². The second kappa shape index (κ2) is 8.44. The number of amides is 1. The number of benzene rings is 1. The molecule has 4 atom stereocenters. The van der Waals surface area contributed by atoms with Gasteiger partial charge in [0.2, 0.25) is 5.91 Å². The van der Waals surface area contributed by atoms with E-state index < -0.39 is 0 Å². The minimum Gasteiger partial charge on any atom is -0.337 e. The topological polar surface area (TPSA) is 56.4 Å². The Bertz CT molecular complexity index is 518. The third-order valence-electron chi connectivity index (χ3n) is 4.56. The number of nitrogens with one attached hydrogen (secondary N) is 3. The van der Waals surface area contributed by atoms with Crippen molar-refractivity contribution in [3.8, 4) is 0 Å². The summed E-state index contributed by atoms with van der Waals surface area (Å²) in [5.74, 6) is 0.186. The lowest BCUT2D eigenvalue weighted by Gasteiger charge is -2.28. The molecule has 0 aliphatic carbocycles. The van der Waals surface area contributed by atoms with Gasteiger partial charge in [0.15, 0.2) is 0 Å². The van der Waals surface area contributed by atoms with Crippen molar-refractivity contribution in [2.24, 2.45) is 0 Å². The van der Waals surface area contributed by atoms with Gasteiger partial charge in [-0.2, -0.15) is 0 Å². The Hall–Kier alpha value is -0.660. The molecule has 2 saturated heterocycles. The van der Waals surface area contributed by atoms with E-state index in [0.29, 0.717) is 6.04 Å². The molecule has 0 aromatic heterocycles. The molecule has 2 heterocycles. The van der Waals surface area contributed by atoms with E-state index in [0.717, 1.165) is 25.9 Å². The molecular weight excluding hydrogens is 380 g/mol. The molecule has 2 aliphatic heterocycles. The molecule has 3 rings (SSSR count). The van der Waals surface area contributed by atoms with Gasteiger partial charge in [-0.15, -0.1) is 12.4 Å². The minimum atomic E-state index is -0.234. The second-order valence-electron chi connectivity index (χ2n) is 5.98. The third-order valence-corrected chi connectivity index (χ3v) is 5.61. The SMILES string of the molecule is CNCC1CCCN1C(=O)C1NNC(c2ccccc2)C1Br.Cl. The van der Waals surface area contributed by atoms with Crippen LogP contribution in [0, 0.1) is 0 Å². The number of likely N-dealkylation sites (N-methyl/N-ethyl adjacent to an activating group) is 1. The third kappa shape index (κ3) is 3.88. The summed E-state index contributed by atoms with van der Waals surface area (Å²) in [7, 11) is 1.94. The van der Waals surface area contributed by atoms with E-state index in [2.05, 4.69) is 44.2 Å². The maximum atomic E-state index is 12.9. The van der Waals surface area contributed by atoms with Gasteiger partial charge >= 0.3 is 0 Å². The summed E-state index contributed by atoms with van der Waals surface area (Å²) in [6, 6.07) is 10.4. The molecule has 5 nitrogen and oxygen atoms in total. The van der Waals surface area contributed by atoms with Crippen molar-refractivity contribution in [2.75, 3.05) is 20.1 Å². The van der Waals surface area contributed by atoms with Crippen molar-refractivity contribution in [1.82, 2.24) is 21.1 Å². The number of likely N-dealkylation sites (tertiary alicyclic amines) is 1. The van der Waals surface area contributed by atoms with Gasteiger partial charge in [-0.05, 0) is 25.5 Å². The highest BCUT2D eigenvalue weighted by Crippen LogP contribution is 2.30. The quantitative estimate of drug-likeness (QED) is 0.669. The molecular formula is C16H24BrClN4O. The normalized spacial score (nSPS) is 30.3. The van der Waals surface area contributed by atoms with Crippen molar-refractivity contribution in [3.05, 3.63) is 35.9 Å². The number of halogens is 2. The highest BCUT2D eigenvalue weighted by atomic mass is 79.9. The number of rotatable bonds is 4. The Morgan fingerprint density at radius 3 is 2.78 bits per heavy atom. The smallest absolute Gasteiger partial charge is 0.242 e. The zero-order chi connectivity index (χ0) is 15.5. The van der Waals surface area contributed by atoms with Crippen molar-refractivity contribution in [3.63, 3.8) is 0 Å². The Kier molecular flexibility index (Phi) is 6.85. The first kappa shape index (κ1) is 18.7. The number of carbonyl (C=O) groups is 1. The van der Waals surface area contributed by atoms with Crippen molar-refractivity contribution >= 4 is 34.2 Å². The Balaban J connectivity index is 0.00000192. The molecule has 3 N–H and O–H groups in total. The van der Waals surface area contributed by atoms with Gasteiger partial charge in [-0.25, -0.2) is 10.9 Å². The van der Waals surface area contributed by atoms with Gasteiger partial charge in [-0.1, -0.05) is 46.3 Å². The van der Waals surface area contributed by atoms with Crippen LogP contribution in [0.25, 0.3) is 0 Å².